The van der Waals surface area contributed by atoms with Crippen molar-refractivity contribution in [2.45, 2.75) is 52.2 Å². The third kappa shape index (κ3) is 3.93. The molecular formula is C40H35N3O2. The number of hydrogen-bond acceptors (Lipinski definition) is 3. The molecule has 222 valence electrons. The maximum Gasteiger partial charge on any atom is 0.341 e. The maximum atomic E-state index is 13.8. The molecule has 0 saturated carbocycles. The van der Waals surface area contributed by atoms with Crippen LogP contribution in [-0.4, -0.2) is 19.9 Å². The molecule has 0 saturated heterocycles. The summed E-state index contributed by atoms with van der Waals surface area (Å²) in [6.07, 6.45) is 7.24. The van der Waals surface area contributed by atoms with Crippen LogP contribution in [0.15, 0.2) is 109 Å². The normalized spacial score (nSPS) is 16.1. The summed E-state index contributed by atoms with van der Waals surface area (Å²) in [6, 6.07) is 33.6. The van der Waals surface area contributed by atoms with Gasteiger partial charge in [0.05, 0.1) is 16.8 Å². The lowest BCUT2D eigenvalue weighted by molar-refractivity contribution is 0.0230. The Bertz CT molecular complexity index is 2270. The van der Waals surface area contributed by atoms with E-state index in [0.29, 0.717) is 11.3 Å². The fourth-order valence-corrected chi connectivity index (χ4v) is 7.61. The monoisotopic (exact) mass is 589 g/mol. The van der Waals surface area contributed by atoms with Crippen LogP contribution >= 0.6 is 0 Å². The van der Waals surface area contributed by atoms with Gasteiger partial charge in [0.1, 0.15) is 5.69 Å². The summed E-state index contributed by atoms with van der Waals surface area (Å²) in [5, 5.41) is 3.52. The predicted molar refractivity (Wildman–Crippen MR) is 181 cm³/mol. The molecule has 5 nitrogen and oxygen atoms in total. The Morgan fingerprint density at radius 2 is 1.56 bits per heavy atom. The summed E-state index contributed by atoms with van der Waals surface area (Å²) in [5.74, 6) is -0.352. The first-order valence-electron chi connectivity index (χ1n) is 15.9. The van der Waals surface area contributed by atoms with Crippen LogP contribution in [0.3, 0.4) is 0 Å². The molecule has 7 aromatic rings. The van der Waals surface area contributed by atoms with Crippen molar-refractivity contribution in [1.82, 2.24) is 14.0 Å². The minimum absolute atomic E-state index is 0.352. The molecule has 0 radical (unpaired) electrons. The van der Waals surface area contributed by atoms with Gasteiger partial charge in [0.15, 0.2) is 0 Å². The van der Waals surface area contributed by atoms with E-state index in [1.807, 2.05) is 18.2 Å². The van der Waals surface area contributed by atoms with E-state index in [2.05, 4.69) is 115 Å². The molecule has 0 spiro atoms. The van der Waals surface area contributed by atoms with Crippen LogP contribution < -0.4 is 0 Å². The molecule has 1 aliphatic heterocycles. The summed E-state index contributed by atoms with van der Waals surface area (Å²) < 4.78 is 11.3. The Hall–Kier alpha value is -5.16. The number of carbonyl (C=O) groups is 1. The van der Waals surface area contributed by atoms with Gasteiger partial charge in [-0.2, -0.15) is 0 Å². The number of rotatable bonds is 7. The second-order valence-corrected chi connectivity index (χ2v) is 12.2. The van der Waals surface area contributed by atoms with Crippen LogP contribution in [0.2, 0.25) is 0 Å². The zero-order valence-corrected chi connectivity index (χ0v) is 25.9. The van der Waals surface area contributed by atoms with Gasteiger partial charge in [0, 0.05) is 46.7 Å². The zero-order chi connectivity index (χ0) is 30.7. The summed E-state index contributed by atoms with van der Waals surface area (Å²) >= 11 is 0. The van der Waals surface area contributed by atoms with Crippen LogP contribution in [0, 0.1) is 13.8 Å². The summed E-state index contributed by atoms with van der Waals surface area (Å²) in [7, 11) is 0. The molecule has 0 aliphatic carbocycles. The van der Waals surface area contributed by atoms with Gasteiger partial charge >= 0.3 is 5.97 Å². The van der Waals surface area contributed by atoms with E-state index in [1.165, 1.54) is 16.3 Å². The van der Waals surface area contributed by atoms with Crippen LogP contribution in [0.4, 0.5) is 0 Å². The van der Waals surface area contributed by atoms with Crippen LogP contribution in [-0.2, 0) is 16.9 Å². The predicted octanol–water partition coefficient (Wildman–Crippen LogP) is 9.38. The van der Waals surface area contributed by atoms with Crippen molar-refractivity contribution < 1.29 is 9.53 Å². The van der Waals surface area contributed by atoms with Crippen LogP contribution in [0.25, 0.3) is 38.3 Å². The van der Waals surface area contributed by atoms with Crippen molar-refractivity contribution in [3.8, 4) is 11.1 Å². The van der Waals surface area contributed by atoms with Gasteiger partial charge in [-0.15, -0.1) is 0 Å². The van der Waals surface area contributed by atoms with E-state index >= 15 is 0 Å². The van der Waals surface area contributed by atoms with Gasteiger partial charge in [0.2, 0.25) is 5.60 Å². The maximum absolute atomic E-state index is 13.8. The number of carbonyl (C=O) groups excluding carboxylic acids is 1. The molecule has 1 atom stereocenters. The number of fused-ring (bicyclic) bond motifs is 4. The quantitative estimate of drug-likeness (QED) is 0.137. The molecule has 1 aliphatic rings. The molecule has 8 rings (SSSR count). The van der Waals surface area contributed by atoms with Crippen molar-refractivity contribution in [1.29, 1.82) is 0 Å². The van der Waals surface area contributed by atoms with Gasteiger partial charge in [-0.1, -0.05) is 80.4 Å². The van der Waals surface area contributed by atoms with Gasteiger partial charge < -0.3 is 13.7 Å². The van der Waals surface area contributed by atoms with Gasteiger partial charge in [0.25, 0.3) is 0 Å². The lowest BCUT2D eigenvalue weighted by Crippen LogP contribution is -2.32. The Morgan fingerprint density at radius 3 is 2.42 bits per heavy atom. The first-order valence-corrected chi connectivity index (χ1v) is 15.9. The Balaban J connectivity index is 1.48. The number of esters is 1. The van der Waals surface area contributed by atoms with E-state index in [1.54, 1.807) is 6.20 Å². The third-order valence-corrected chi connectivity index (χ3v) is 9.70. The lowest BCUT2D eigenvalue weighted by Gasteiger charge is -2.29. The molecule has 4 aromatic heterocycles. The summed E-state index contributed by atoms with van der Waals surface area (Å²) in [4.78, 5) is 18.8. The molecule has 3 aromatic carbocycles. The molecule has 0 fully saturated rings. The highest BCUT2D eigenvalue weighted by Gasteiger charge is 2.54. The number of hydrogen-bond donors (Lipinski definition) is 0. The number of nitrogens with zero attached hydrogens (tertiary/aromatic N) is 3. The number of ether oxygens (including phenoxy) is 1. The number of aryl methyl sites for hydroxylation is 2. The SMILES string of the molecule is CCCCCn1c(C)c(C2(c3cc(-c4ccc5ccccc5c4C)c4ccccn34)OC(=O)c3cccnc32)c2ccccc21. The minimum atomic E-state index is -1.25. The number of unbranched alkanes of at least 4 members (excludes halogenated alkanes) is 2. The molecule has 0 bridgehead atoms. The average Bonchev–Trinajstić information content (AvgIpc) is 3.70. The highest BCUT2D eigenvalue weighted by molar-refractivity contribution is 5.99. The minimum Gasteiger partial charge on any atom is -0.437 e. The number of pyridine rings is 2. The van der Waals surface area contributed by atoms with Crippen LogP contribution in [0.5, 0.6) is 0 Å². The first-order chi connectivity index (χ1) is 22.0. The smallest absolute Gasteiger partial charge is 0.341 e. The molecule has 5 heterocycles. The molecule has 5 heteroatoms. The van der Waals surface area contributed by atoms with E-state index in [9.17, 15) is 4.79 Å². The second-order valence-electron chi connectivity index (χ2n) is 12.2. The van der Waals surface area contributed by atoms with E-state index in [4.69, 9.17) is 9.72 Å². The lowest BCUT2D eigenvalue weighted by atomic mass is 9.83. The summed E-state index contributed by atoms with van der Waals surface area (Å²) in [6.45, 7) is 7.49. The highest BCUT2D eigenvalue weighted by Crippen LogP contribution is 2.51. The van der Waals surface area contributed by atoms with Crippen LogP contribution in [0.1, 0.15) is 64.8 Å². The van der Waals surface area contributed by atoms with Crippen molar-refractivity contribution in [2.75, 3.05) is 0 Å². The first kappa shape index (κ1) is 27.4. The topological polar surface area (TPSA) is 48.5 Å². The van der Waals surface area contributed by atoms with Crippen molar-refractivity contribution >= 4 is 33.2 Å². The van der Waals surface area contributed by atoms with Gasteiger partial charge in [-0.25, -0.2) is 4.79 Å². The van der Waals surface area contributed by atoms with E-state index < -0.39 is 5.60 Å². The van der Waals surface area contributed by atoms with E-state index in [0.717, 1.165) is 70.3 Å². The molecular weight excluding hydrogens is 554 g/mol. The molecule has 1 unspecified atom stereocenters. The van der Waals surface area contributed by atoms with Crippen molar-refractivity contribution in [3.63, 3.8) is 0 Å². The van der Waals surface area contributed by atoms with Crippen molar-refractivity contribution in [2.24, 2.45) is 0 Å². The van der Waals surface area contributed by atoms with Crippen molar-refractivity contribution in [3.05, 3.63) is 143 Å². The Labute approximate surface area is 262 Å². The molecule has 0 N–H and O–H groups in total. The van der Waals surface area contributed by atoms with Gasteiger partial charge in [-0.05, 0) is 78.6 Å². The Kier molecular flexibility index (Phi) is 6.38. The molecule has 0 amide bonds. The fourth-order valence-electron chi connectivity index (χ4n) is 7.61. The number of cyclic esters (lactones) is 1. The number of benzene rings is 3. The number of aromatic nitrogens is 3. The van der Waals surface area contributed by atoms with Gasteiger partial charge in [-0.3, -0.25) is 4.98 Å². The van der Waals surface area contributed by atoms with E-state index in [-0.39, 0.29) is 5.97 Å². The second kappa shape index (κ2) is 10.5. The largest absolute Gasteiger partial charge is 0.437 e. The molecule has 45 heavy (non-hydrogen) atoms. The zero-order valence-electron chi connectivity index (χ0n) is 25.9. The number of para-hydroxylation sites is 1. The third-order valence-electron chi connectivity index (χ3n) is 9.70. The Morgan fingerprint density at radius 1 is 0.778 bits per heavy atom. The fraction of sp³-hybridized carbons (Fsp3) is 0.200. The standard InChI is InChI=1S/C40H35N3O2/c1-4-5-11-23-42-27(3)37(31-16-8-9-18-34(31)42)40(38-32(39(44)45-40)17-13-22-41-38)36-25-33(35-19-10-12-24-43(35)36)30-21-20-28-14-6-7-15-29(28)26(30)2/h6-10,12-22,24-25H,4-5,11,23H2,1-3H3. The average molecular weight is 590 g/mol. The summed E-state index contributed by atoms with van der Waals surface area (Å²) in [5.41, 5.74) is 8.50. The highest BCUT2D eigenvalue weighted by atomic mass is 16.6.